The molecule has 1 fully saturated rings. The van der Waals surface area contributed by atoms with Gasteiger partial charge in [-0.2, -0.15) is 0 Å². The molecule has 0 aromatic rings. The van der Waals surface area contributed by atoms with Gasteiger partial charge in [0.2, 0.25) is 0 Å². The maximum Gasteiger partial charge on any atom is 0.151 e. The highest BCUT2D eigenvalue weighted by atomic mass is 28.3. The second-order valence-electron chi connectivity index (χ2n) is 5.78. The van der Waals surface area contributed by atoms with Crippen LogP contribution in [0, 0.1) is 5.92 Å². The molecule has 0 aromatic carbocycles. The molecule has 1 aliphatic rings. The summed E-state index contributed by atoms with van der Waals surface area (Å²) in [6, 6.07) is 0. The quantitative estimate of drug-likeness (QED) is 0.524. The van der Waals surface area contributed by atoms with Crippen LogP contribution in [0.4, 0.5) is 0 Å². The summed E-state index contributed by atoms with van der Waals surface area (Å²) in [6.45, 7) is 8.53. The van der Waals surface area contributed by atoms with E-state index in [1.807, 2.05) is 0 Å². The van der Waals surface area contributed by atoms with Gasteiger partial charge in [-0.15, -0.1) is 0 Å². The van der Waals surface area contributed by atoms with Crippen molar-refractivity contribution in [3.05, 3.63) is 11.3 Å². The van der Waals surface area contributed by atoms with Crippen molar-refractivity contribution in [2.24, 2.45) is 5.92 Å². The number of carbonyl (C=O) groups excluding carboxylic acids is 1. The first-order chi connectivity index (χ1) is 6.91. The third kappa shape index (κ3) is 3.94. The van der Waals surface area contributed by atoms with Gasteiger partial charge in [-0.1, -0.05) is 45.0 Å². The van der Waals surface area contributed by atoms with Crippen molar-refractivity contribution in [1.82, 2.24) is 0 Å². The number of carbonyl (C=O) groups is 1. The number of hydrogen-bond acceptors (Lipinski definition) is 1. The molecule has 1 rings (SSSR count). The largest absolute Gasteiger partial charge is 0.295 e. The smallest absolute Gasteiger partial charge is 0.151 e. The Bertz CT molecular complexity index is 254. The average molecular weight is 224 g/mol. The van der Waals surface area contributed by atoms with Crippen molar-refractivity contribution >= 4 is 13.9 Å². The zero-order valence-corrected chi connectivity index (χ0v) is 11.6. The molecule has 15 heavy (non-hydrogen) atoms. The van der Waals surface area contributed by atoms with Crippen molar-refractivity contribution < 1.29 is 4.79 Å². The van der Waals surface area contributed by atoms with E-state index in [4.69, 9.17) is 0 Å². The summed E-state index contributed by atoms with van der Waals surface area (Å²) >= 11 is 0. The number of ketones is 1. The molecule has 0 saturated heterocycles. The van der Waals surface area contributed by atoms with Crippen molar-refractivity contribution in [2.45, 2.75) is 58.7 Å². The van der Waals surface area contributed by atoms with Crippen molar-refractivity contribution in [3.63, 3.8) is 0 Å². The Kier molecular flexibility index (Phi) is 4.32. The molecule has 0 atom stereocenters. The SMILES string of the molecule is CC(=O)/C(=C/C1CCCCC1)[Si](C)(C)C. The van der Waals surface area contributed by atoms with E-state index in [2.05, 4.69) is 25.7 Å². The van der Waals surface area contributed by atoms with Crippen LogP contribution in [-0.2, 0) is 4.79 Å². The lowest BCUT2D eigenvalue weighted by molar-refractivity contribution is -0.113. The van der Waals surface area contributed by atoms with Crippen molar-refractivity contribution in [1.29, 1.82) is 0 Å². The fourth-order valence-electron chi connectivity index (χ4n) is 2.43. The molecule has 0 heterocycles. The number of Topliss-reactive ketones (excluding diaryl/α,β-unsaturated/α-hetero) is 1. The highest BCUT2D eigenvalue weighted by Gasteiger charge is 2.24. The Morgan fingerprint density at radius 3 is 2.07 bits per heavy atom. The van der Waals surface area contributed by atoms with E-state index >= 15 is 0 Å². The molecule has 0 aliphatic heterocycles. The molecule has 0 bridgehead atoms. The fraction of sp³-hybridized carbons (Fsp3) is 0.769. The standard InChI is InChI=1S/C13H24OSi/c1-11(14)13(15(2,3)4)10-12-8-6-5-7-9-12/h10,12H,5-9H2,1-4H3/b13-10-. The van der Waals surface area contributed by atoms with Gasteiger partial charge in [0.05, 0.1) is 8.07 Å². The molecule has 1 aliphatic carbocycles. The van der Waals surface area contributed by atoms with Crippen molar-refractivity contribution in [2.75, 3.05) is 0 Å². The van der Waals surface area contributed by atoms with Crippen LogP contribution in [0.5, 0.6) is 0 Å². The van der Waals surface area contributed by atoms with Gasteiger partial charge in [0.1, 0.15) is 0 Å². The van der Waals surface area contributed by atoms with E-state index in [1.54, 1.807) is 6.92 Å². The van der Waals surface area contributed by atoms with Crippen LogP contribution in [0.1, 0.15) is 39.0 Å². The first-order valence-electron chi connectivity index (χ1n) is 6.14. The minimum Gasteiger partial charge on any atom is -0.295 e. The zero-order valence-electron chi connectivity index (χ0n) is 10.6. The van der Waals surface area contributed by atoms with Gasteiger partial charge < -0.3 is 0 Å². The molecular formula is C13H24OSi. The van der Waals surface area contributed by atoms with Crippen LogP contribution in [0.2, 0.25) is 19.6 Å². The monoisotopic (exact) mass is 224 g/mol. The summed E-state index contributed by atoms with van der Waals surface area (Å²) < 4.78 is 0. The van der Waals surface area contributed by atoms with Gasteiger partial charge in [0, 0.05) is 0 Å². The fourth-order valence-corrected chi connectivity index (χ4v) is 4.22. The Morgan fingerprint density at radius 2 is 1.67 bits per heavy atom. The minimum absolute atomic E-state index is 0.305. The summed E-state index contributed by atoms with van der Waals surface area (Å²) in [5.41, 5.74) is 0. The second-order valence-corrected chi connectivity index (χ2v) is 10.8. The molecular weight excluding hydrogens is 200 g/mol. The van der Waals surface area contributed by atoms with Crippen LogP contribution < -0.4 is 0 Å². The minimum atomic E-state index is -1.42. The maximum absolute atomic E-state index is 11.6. The Morgan fingerprint density at radius 1 is 1.13 bits per heavy atom. The topological polar surface area (TPSA) is 17.1 Å². The van der Waals surface area contributed by atoms with E-state index < -0.39 is 8.07 Å². The van der Waals surface area contributed by atoms with Crippen LogP contribution in [0.15, 0.2) is 11.3 Å². The molecule has 0 spiro atoms. The first kappa shape index (κ1) is 12.7. The highest BCUT2D eigenvalue weighted by Crippen LogP contribution is 2.28. The summed E-state index contributed by atoms with van der Waals surface area (Å²) in [4.78, 5) is 11.6. The molecule has 0 amide bonds. The van der Waals surface area contributed by atoms with Gasteiger partial charge >= 0.3 is 0 Å². The lowest BCUT2D eigenvalue weighted by Crippen LogP contribution is -2.29. The lowest BCUT2D eigenvalue weighted by atomic mass is 9.89. The van der Waals surface area contributed by atoms with Gasteiger partial charge in [-0.25, -0.2) is 0 Å². The zero-order chi connectivity index (χ0) is 11.5. The summed E-state index contributed by atoms with van der Waals surface area (Å²) in [5, 5.41) is 1.16. The third-order valence-corrected chi connectivity index (χ3v) is 5.37. The molecule has 2 heteroatoms. The van der Waals surface area contributed by atoms with E-state index in [-0.39, 0.29) is 0 Å². The molecule has 0 aromatic heterocycles. The number of rotatable bonds is 3. The second kappa shape index (κ2) is 5.11. The first-order valence-corrected chi connectivity index (χ1v) is 9.64. The van der Waals surface area contributed by atoms with Crippen LogP contribution >= 0.6 is 0 Å². The predicted octanol–water partition coefficient (Wildman–Crippen LogP) is 3.96. The van der Waals surface area contributed by atoms with Gasteiger partial charge in [-0.3, -0.25) is 4.79 Å². The lowest BCUT2D eigenvalue weighted by Gasteiger charge is -2.24. The summed E-state index contributed by atoms with van der Waals surface area (Å²) in [7, 11) is -1.42. The van der Waals surface area contributed by atoms with E-state index in [1.165, 1.54) is 32.1 Å². The van der Waals surface area contributed by atoms with Crippen LogP contribution in [0.25, 0.3) is 0 Å². The van der Waals surface area contributed by atoms with E-state index in [0.29, 0.717) is 11.7 Å². The highest BCUT2D eigenvalue weighted by molar-refractivity contribution is 6.87. The third-order valence-electron chi connectivity index (χ3n) is 3.24. The summed E-state index contributed by atoms with van der Waals surface area (Å²) in [5.74, 6) is 0.990. The van der Waals surface area contributed by atoms with Gasteiger partial charge in [0.25, 0.3) is 0 Å². The van der Waals surface area contributed by atoms with Crippen molar-refractivity contribution in [3.8, 4) is 0 Å². The maximum atomic E-state index is 11.6. The van der Waals surface area contributed by atoms with Crippen LogP contribution in [0.3, 0.4) is 0 Å². The molecule has 0 unspecified atom stereocenters. The van der Waals surface area contributed by atoms with E-state index in [0.717, 1.165) is 5.20 Å². The Labute approximate surface area is 95.0 Å². The summed E-state index contributed by atoms with van der Waals surface area (Å²) in [6.07, 6.45) is 8.97. The van der Waals surface area contributed by atoms with Crippen LogP contribution in [-0.4, -0.2) is 13.9 Å². The molecule has 1 nitrogen and oxygen atoms in total. The molecule has 86 valence electrons. The molecule has 0 N–H and O–H groups in total. The normalized spacial score (nSPS) is 20.4. The van der Waals surface area contributed by atoms with Gasteiger partial charge in [0.15, 0.2) is 5.78 Å². The molecule has 1 saturated carbocycles. The van der Waals surface area contributed by atoms with E-state index in [9.17, 15) is 4.79 Å². The average Bonchev–Trinajstić information content (AvgIpc) is 2.13. The molecule has 0 radical (unpaired) electrons. The Hall–Kier alpha value is -0.373. The Balaban J connectivity index is 2.78. The number of hydrogen-bond donors (Lipinski definition) is 0. The predicted molar refractivity (Wildman–Crippen MR) is 68.7 cm³/mol. The van der Waals surface area contributed by atoms with Gasteiger partial charge in [-0.05, 0) is 30.9 Å². The number of allylic oxidation sites excluding steroid dienone is 2.